The van der Waals surface area contributed by atoms with Crippen molar-refractivity contribution in [1.29, 1.82) is 0 Å². The number of rotatable bonds is 19. The fraction of sp³-hybridized carbons (Fsp3) is 0.655. The summed E-state index contributed by atoms with van der Waals surface area (Å²) in [5, 5.41) is 10.1. The molecule has 0 aliphatic rings. The molecule has 0 unspecified atom stereocenters. The lowest BCUT2D eigenvalue weighted by Gasteiger charge is -2.23. The quantitative estimate of drug-likeness (QED) is 0.0660. The van der Waals surface area contributed by atoms with E-state index in [9.17, 15) is 5.11 Å². The van der Waals surface area contributed by atoms with Gasteiger partial charge in [-0.25, -0.2) is 0 Å². The molecule has 0 rings (SSSR count). The number of unbranched alkanes of at least 4 members (excludes halogenated alkanes) is 4. The Morgan fingerprint density at radius 3 is 2.28 bits per heavy atom. The Hall–Kier alpha value is -1.03. The van der Waals surface area contributed by atoms with Gasteiger partial charge >= 0.3 is 0 Å². The summed E-state index contributed by atoms with van der Waals surface area (Å²) < 4.78 is 5.53. The monoisotopic (exact) mass is 462 g/mol. The first-order chi connectivity index (χ1) is 15.3. The van der Waals surface area contributed by atoms with Crippen molar-refractivity contribution < 1.29 is 9.84 Å². The third-order valence-electron chi connectivity index (χ3n) is 5.58. The van der Waals surface area contributed by atoms with Crippen LogP contribution in [0.2, 0.25) is 0 Å². The molecule has 0 aliphatic heterocycles. The zero-order valence-corrected chi connectivity index (χ0v) is 22.3. The van der Waals surface area contributed by atoms with Crippen molar-refractivity contribution in [1.82, 2.24) is 0 Å². The average molecular weight is 463 g/mol. The summed E-state index contributed by atoms with van der Waals surface area (Å²) in [7, 11) is 1.75. The van der Waals surface area contributed by atoms with Gasteiger partial charge < -0.3 is 9.84 Å². The maximum Gasteiger partial charge on any atom is 0.130 e. The molecule has 0 bridgehead atoms. The lowest BCUT2D eigenvalue weighted by atomic mass is 9.83. The molecule has 32 heavy (non-hydrogen) atoms. The second kappa shape index (κ2) is 19.4. The Balaban J connectivity index is 4.03. The molecule has 0 amide bonds. The molecule has 1 N–H and O–H groups in total. The number of hydrogen-bond acceptors (Lipinski definition) is 3. The number of methoxy groups -OCH3 is 1. The van der Waals surface area contributed by atoms with Crippen LogP contribution in [-0.4, -0.2) is 23.3 Å². The SMILES string of the molecule is CC/C=C\C[C@](O)(S)\C=C/C=C/C=C/[C@@H](C/C=C\CCCCCCC(C)(C)CCC)OC. The number of thiol groups is 1. The predicted octanol–water partition coefficient (Wildman–Crippen LogP) is 8.76. The van der Waals surface area contributed by atoms with Gasteiger partial charge in [-0.1, -0.05) is 108 Å². The van der Waals surface area contributed by atoms with Gasteiger partial charge in [-0.05, 0) is 50.0 Å². The zero-order chi connectivity index (χ0) is 24.1. The van der Waals surface area contributed by atoms with Crippen LogP contribution in [0.3, 0.4) is 0 Å². The van der Waals surface area contributed by atoms with Crippen LogP contribution in [0.5, 0.6) is 0 Å². The van der Waals surface area contributed by atoms with Crippen LogP contribution >= 0.6 is 12.6 Å². The molecule has 0 aliphatic carbocycles. The summed E-state index contributed by atoms with van der Waals surface area (Å²) in [5.74, 6) is 0. The molecule has 3 heteroatoms. The smallest absolute Gasteiger partial charge is 0.130 e. The lowest BCUT2D eigenvalue weighted by Crippen LogP contribution is -2.15. The van der Waals surface area contributed by atoms with E-state index in [1.54, 1.807) is 13.2 Å². The van der Waals surface area contributed by atoms with Crippen LogP contribution < -0.4 is 0 Å². The maximum absolute atomic E-state index is 10.1. The Kier molecular flexibility index (Phi) is 18.8. The predicted molar refractivity (Wildman–Crippen MR) is 146 cm³/mol. The first-order valence-corrected chi connectivity index (χ1v) is 13.0. The molecular weight excluding hydrogens is 412 g/mol. The summed E-state index contributed by atoms with van der Waals surface area (Å²) in [6.45, 7) is 9.16. The van der Waals surface area contributed by atoms with E-state index in [0.29, 0.717) is 11.8 Å². The van der Waals surface area contributed by atoms with Gasteiger partial charge in [-0.3, -0.25) is 0 Å². The van der Waals surface area contributed by atoms with Gasteiger partial charge in [0.1, 0.15) is 4.93 Å². The Morgan fingerprint density at radius 1 is 0.875 bits per heavy atom. The van der Waals surface area contributed by atoms with Gasteiger partial charge in [0.05, 0.1) is 6.10 Å². The lowest BCUT2D eigenvalue weighted by molar-refractivity contribution is 0.143. The van der Waals surface area contributed by atoms with Crippen molar-refractivity contribution in [3.05, 3.63) is 60.8 Å². The molecule has 0 saturated heterocycles. The molecule has 0 saturated carbocycles. The number of allylic oxidation sites excluding steroid dienone is 6. The first kappa shape index (κ1) is 31.0. The van der Waals surface area contributed by atoms with E-state index in [0.717, 1.165) is 19.3 Å². The van der Waals surface area contributed by atoms with E-state index < -0.39 is 4.93 Å². The minimum Gasteiger partial charge on any atom is -0.377 e. The van der Waals surface area contributed by atoms with Gasteiger partial charge in [0, 0.05) is 13.5 Å². The average Bonchev–Trinajstić information content (AvgIpc) is 2.73. The molecule has 0 radical (unpaired) electrons. The molecule has 0 heterocycles. The van der Waals surface area contributed by atoms with E-state index in [2.05, 4.69) is 58.6 Å². The molecular formula is C29H50O2S. The van der Waals surface area contributed by atoms with Crippen LogP contribution in [0, 0.1) is 5.41 Å². The summed E-state index contributed by atoms with van der Waals surface area (Å²) in [4.78, 5) is -1.11. The molecule has 2 atom stereocenters. The van der Waals surface area contributed by atoms with Crippen molar-refractivity contribution in [2.45, 2.75) is 109 Å². The number of aliphatic hydroxyl groups is 1. The highest BCUT2D eigenvalue weighted by Crippen LogP contribution is 2.29. The van der Waals surface area contributed by atoms with Gasteiger partial charge in [-0.15, -0.1) is 12.6 Å². The standard InChI is InChI=1S/C29H50O2S/c1-6-8-18-25-29(30,32)26-20-15-13-17-22-27(31-5)21-16-12-10-9-11-14-19-24-28(3,4)23-7-2/h8,12-13,15-18,20,22,26-27,30,32H,6-7,9-11,14,19,21,23-25H2,1-5H3/b15-13+,16-12-,18-8-,22-17+,26-20-/t27-,29+/m1/s1. The largest absolute Gasteiger partial charge is 0.377 e. The molecule has 2 nitrogen and oxygen atoms in total. The highest BCUT2D eigenvalue weighted by Gasteiger charge is 2.15. The molecule has 0 spiro atoms. The van der Waals surface area contributed by atoms with E-state index in [1.165, 1.54) is 44.9 Å². The van der Waals surface area contributed by atoms with Crippen LogP contribution in [0.1, 0.15) is 98.3 Å². The van der Waals surface area contributed by atoms with Gasteiger partial charge in [0.15, 0.2) is 0 Å². The number of ether oxygens (including phenoxy) is 1. The normalized spacial score (nSPS) is 16.3. The van der Waals surface area contributed by atoms with Gasteiger partial charge in [0.25, 0.3) is 0 Å². The van der Waals surface area contributed by atoms with Gasteiger partial charge in [0.2, 0.25) is 0 Å². The highest BCUT2D eigenvalue weighted by molar-refractivity contribution is 7.81. The first-order valence-electron chi connectivity index (χ1n) is 12.6. The zero-order valence-electron chi connectivity index (χ0n) is 21.4. The van der Waals surface area contributed by atoms with Crippen LogP contribution in [0.25, 0.3) is 0 Å². The fourth-order valence-electron chi connectivity index (χ4n) is 3.64. The summed E-state index contributed by atoms with van der Waals surface area (Å²) >= 11 is 4.27. The second-order valence-electron chi connectivity index (χ2n) is 9.44. The van der Waals surface area contributed by atoms with E-state index in [4.69, 9.17) is 4.74 Å². The minimum atomic E-state index is -1.11. The van der Waals surface area contributed by atoms with Crippen molar-refractivity contribution in [3.8, 4) is 0 Å². The van der Waals surface area contributed by atoms with Crippen molar-refractivity contribution >= 4 is 12.6 Å². The molecule has 184 valence electrons. The Labute approximate surface area is 205 Å². The molecule has 0 aromatic rings. The van der Waals surface area contributed by atoms with E-state index in [-0.39, 0.29) is 6.10 Å². The van der Waals surface area contributed by atoms with Crippen molar-refractivity contribution in [2.24, 2.45) is 5.41 Å². The third-order valence-corrected chi connectivity index (χ3v) is 5.91. The van der Waals surface area contributed by atoms with E-state index in [1.807, 2.05) is 36.5 Å². The summed E-state index contributed by atoms with van der Waals surface area (Å²) in [5.41, 5.74) is 0.519. The second-order valence-corrected chi connectivity index (χ2v) is 10.2. The molecule has 0 aromatic carbocycles. The van der Waals surface area contributed by atoms with Crippen molar-refractivity contribution in [2.75, 3.05) is 7.11 Å². The number of hydrogen-bond donors (Lipinski definition) is 2. The summed E-state index contributed by atoms with van der Waals surface area (Å²) in [6.07, 6.45) is 32.8. The topological polar surface area (TPSA) is 29.5 Å². The third kappa shape index (κ3) is 19.6. The van der Waals surface area contributed by atoms with Crippen LogP contribution in [0.15, 0.2) is 60.8 Å². The van der Waals surface area contributed by atoms with Crippen molar-refractivity contribution in [3.63, 3.8) is 0 Å². The molecule has 0 fully saturated rings. The Bertz CT molecular complexity index is 582. The highest BCUT2D eigenvalue weighted by atomic mass is 32.1. The maximum atomic E-state index is 10.1. The van der Waals surface area contributed by atoms with Crippen LogP contribution in [0.4, 0.5) is 0 Å². The van der Waals surface area contributed by atoms with E-state index >= 15 is 0 Å². The molecule has 0 aromatic heterocycles. The van der Waals surface area contributed by atoms with Crippen LogP contribution in [-0.2, 0) is 4.74 Å². The van der Waals surface area contributed by atoms with Gasteiger partial charge in [-0.2, -0.15) is 0 Å². The fourth-order valence-corrected chi connectivity index (χ4v) is 3.83. The summed E-state index contributed by atoms with van der Waals surface area (Å²) in [6, 6.07) is 0. The Morgan fingerprint density at radius 2 is 1.59 bits per heavy atom. The minimum absolute atomic E-state index is 0.0849.